The Morgan fingerprint density at radius 1 is 1.44 bits per heavy atom. The van der Waals surface area contributed by atoms with Crippen LogP contribution in [-0.2, 0) is 12.8 Å². The molecule has 1 aliphatic rings. The van der Waals surface area contributed by atoms with Crippen LogP contribution >= 0.6 is 15.9 Å². The van der Waals surface area contributed by atoms with Crippen molar-refractivity contribution in [2.45, 2.75) is 19.3 Å². The maximum Gasteiger partial charge on any atom is 0.264 e. The van der Waals surface area contributed by atoms with Crippen molar-refractivity contribution in [2.75, 3.05) is 0 Å². The highest BCUT2D eigenvalue weighted by Crippen LogP contribution is 2.24. The van der Waals surface area contributed by atoms with Gasteiger partial charge in [-0.1, -0.05) is 0 Å². The number of fused-ring (bicyclic) bond motifs is 1. The monoisotopic (exact) mass is 187 g/mol. The van der Waals surface area contributed by atoms with E-state index in [4.69, 9.17) is 4.42 Å². The van der Waals surface area contributed by atoms with E-state index >= 15 is 0 Å². The van der Waals surface area contributed by atoms with Crippen LogP contribution < -0.4 is 0 Å². The first-order chi connectivity index (χ1) is 4.36. The van der Waals surface area contributed by atoms with Gasteiger partial charge in [0, 0.05) is 22.4 Å². The standard InChI is InChI=1S/C6H6BrNO/c7-6-8-4-2-1-3-5(4)9-6/h1-3H2. The molecule has 0 bridgehead atoms. The van der Waals surface area contributed by atoms with E-state index in [1.165, 1.54) is 6.42 Å². The van der Waals surface area contributed by atoms with Gasteiger partial charge in [-0.25, -0.2) is 4.98 Å². The lowest BCUT2D eigenvalue weighted by atomic mass is 10.4. The maximum absolute atomic E-state index is 5.23. The molecule has 0 N–H and O–H groups in total. The van der Waals surface area contributed by atoms with Crippen molar-refractivity contribution in [3.63, 3.8) is 0 Å². The third kappa shape index (κ3) is 0.796. The van der Waals surface area contributed by atoms with Gasteiger partial charge in [0.15, 0.2) is 0 Å². The summed E-state index contributed by atoms with van der Waals surface area (Å²) in [6.07, 6.45) is 3.35. The van der Waals surface area contributed by atoms with E-state index in [2.05, 4.69) is 20.9 Å². The molecule has 1 aliphatic carbocycles. The molecule has 0 atom stereocenters. The fraction of sp³-hybridized carbons (Fsp3) is 0.500. The topological polar surface area (TPSA) is 26.0 Å². The molecule has 3 heteroatoms. The van der Waals surface area contributed by atoms with Gasteiger partial charge in [-0.2, -0.15) is 0 Å². The van der Waals surface area contributed by atoms with Gasteiger partial charge in [-0.15, -0.1) is 0 Å². The molecule has 2 nitrogen and oxygen atoms in total. The summed E-state index contributed by atoms with van der Waals surface area (Å²) in [7, 11) is 0. The molecule has 0 spiro atoms. The van der Waals surface area contributed by atoms with Crippen molar-refractivity contribution in [3.8, 4) is 0 Å². The third-order valence-corrected chi connectivity index (χ3v) is 1.91. The fourth-order valence-corrected chi connectivity index (χ4v) is 1.57. The third-order valence-electron chi connectivity index (χ3n) is 1.57. The quantitative estimate of drug-likeness (QED) is 0.621. The number of halogens is 1. The van der Waals surface area contributed by atoms with Crippen LogP contribution in [0.1, 0.15) is 17.9 Å². The molecule has 0 saturated heterocycles. The Bertz CT molecular complexity index is 209. The second-order valence-corrected chi connectivity index (χ2v) is 2.87. The average molecular weight is 188 g/mol. The van der Waals surface area contributed by atoms with E-state index in [0.717, 1.165) is 24.3 Å². The molecule has 1 heterocycles. The highest BCUT2D eigenvalue weighted by atomic mass is 79.9. The largest absolute Gasteiger partial charge is 0.436 e. The predicted molar refractivity (Wildman–Crippen MR) is 36.2 cm³/mol. The summed E-state index contributed by atoms with van der Waals surface area (Å²) in [5.41, 5.74) is 1.14. The number of oxazole rings is 1. The summed E-state index contributed by atoms with van der Waals surface area (Å²) in [6, 6.07) is 0. The summed E-state index contributed by atoms with van der Waals surface area (Å²) >= 11 is 3.18. The summed E-state index contributed by atoms with van der Waals surface area (Å²) < 4.78 is 5.23. The van der Waals surface area contributed by atoms with E-state index in [-0.39, 0.29) is 0 Å². The van der Waals surface area contributed by atoms with Gasteiger partial charge in [0.05, 0.1) is 5.69 Å². The van der Waals surface area contributed by atoms with Crippen LogP contribution in [0, 0.1) is 0 Å². The van der Waals surface area contributed by atoms with Crippen molar-refractivity contribution in [2.24, 2.45) is 0 Å². The zero-order chi connectivity index (χ0) is 6.27. The van der Waals surface area contributed by atoms with Gasteiger partial charge in [-0.3, -0.25) is 0 Å². The molecule has 0 aromatic carbocycles. The van der Waals surface area contributed by atoms with E-state index in [0.29, 0.717) is 4.80 Å². The fourth-order valence-electron chi connectivity index (χ4n) is 1.16. The van der Waals surface area contributed by atoms with Gasteiger partial charge < -0.3 is 4.42 Å². The first-order valence-corrected chi connectivity index (χ1v) is 3.79. The van der Waals surface area contributed by atoms with Crippen molar-refractivity contribution >= 4 is 15.9 Å². The Morgan fingerprint density at radius 2 is 2.33 bits per heavy atom. The van der Waals surface area contributed by atoms with Crippen LogP contribution in [0.15, 0.2) is 9.22 Å². The Kier molecular flexibility index (Phi) is 1.12. The van der Waals surface area contributed by atoms with Crippen molar-refractivity contribution in [3.05, 3.63) is 16.3 Å². The lowest BCUT2D eigenvalue weighted by Crippen LogP contribution is -1.75. The minimum atomic E-state index is 0.632. The number of aryl methyl sites for hydroxylation is 2. The molecule has 0 radical (unpaired) electrons. The molecular weight excluding hydrogens is 182 g/mol. The normalized spacial score (nSPS) is 16.1. The highest BCUT2D eigenvalue weighted by Gasteiger charge is 2.16. The Labute approximate surface area is 61.4 Å². The number of nitrogens with zero attached hydrogens (tertiary/aromatic N) is 1. The van der Waals surface area contributed by atoms with Crippen LogP contribution in [0.25, 0.3) is 0 Å². The van der Waals surface area contributed by atoms with Crippen molar-refractivity contribution in [1.82, 2.24) is 4.98 Å². The highest BCUT2D eigenvalue weighted by molar-refractivity contribution is 9.10. The zero-order valence-electron chi connectivity index (χ0n) is 4.85. The lowest BCUT2D eigenvalue weighted by molar-refractivity contribution is 0.483. The van der Waals surface area contributed by atoms with Gasteiger partial charge in [-0.05, 0) is 12.8 Å². The van der Waals surface area contributed by atoms with Gasteiger partial charge in [0.2, 0.25) is 0 Å². The van der Waals surface area contributed by atoms with E-state index in [1.807, 2.05) is 0 Å². The molecular formula is C6H6BrNO. The lowest BCUT2D eigenvalue weighted by Gasteiger charge is -1.80. The number of hydrogen-bond donors (Lipinski definition) is 0. The molecule has 1 aromatic rings. The molecule has 1 aromatic heterocycles. The van der Waals surface area contributed by atoms with Gasteiger partial charge >= 0.3 is 0 Å². The second kappa shape index (κ2) is 1.84. The van der Waals surface area contributed by atoms with Crippen molar-refractivity contribution in [1.29, 1.82) is 0 Å². The minimum Gasteiger partial charge on any atom is -0.436 e. The predicted octanol–water partition coefficient (Wildman–Crippen LogP) is 1.93. The summed E-state index contributed by atoms with van der Waals surface area (Å²) in [4.78, 5) is 4.77. The molecule has 0 saturated carbocycles. The second-order valence-electron chi connectivity index (χ2n) is 2.19. The van der Waals surface area contributed by atoms with Crippen LogP contribution in [-0.4, -0.2) is 4.98 Å². The van der Waals surface area contributed by atoms with E-state index in [1.54, 1.807) is 0 Å². The van der Waals surface area contributed by atoms with Crippen LogP contribution in [0.5, 0.6) is 0 Å². The first-order valence-electron chi connectivity index (χ1n) is 3.00. The van der Waals surface area contributed by atoms with Crippen LogP contribution in [0.4, 0.5) is 0 Å². The molecule has 0 fully saturated rings. The van der Waals surface area contributed by atoms with E-state index < -0.39 is 0 Å². The smallest absolute Gasteiger partial charge is 0.264 e. The van der Waals surface area contributed by atoms with E-state index in [9.17, 15) is 0 Å². The van der Waals surface area contributed by atoms with Gasteiger partial charge in [0.1, 0.15) is 5.76 Å². The maximum atomic E-state index is 5.23. The number of hydrogen-bond acceptors (Lipinski definition) is 2. The Hall–Kier alpha value is -0.310. The zero-order valence-corrected chi connectivity index (χ0v) is 6.44. The average Bonchev–Trinajstić information content (AvgIpc) is 2.22. The summed E-state index contributed by atoms with van der Waals surface area (Å²) in [6.45, 7) is 0. The molecule has 48 valence electrons. The molecule has 0 amide bonds. The number of aromatic nitrogens is 1. The molecule has 2 rings (SSSR count). The van der Waals surface area contributed by atoms with Gasteiger partial charge in [0.25, 0.3) is 4.80 Å². The molecule has 9 heavy (non-hydrogen) atoms. The SMILES string of the molecule is Brc1nc2c(o1)CCC2. The Balaban J connectivity index is 2.51. The number of rotatable bonds is 0. The van der Waals surface area contributed by atoms with Crippen LogP contribution in [0.2, 0.25) is 0 Å². The molecule has 0 unspecified atom stereocenters. The summed E-state index contributed by atoms with van der Waals surface area (Å²) in [5, 5.41) is 0. The minimum absolute atomic E-state index is 0.632. The van der Waals surface area contributed by atoms with Crippen LogP contribution in [0.3, 0.4) is 0 Å². The molecule has 0 aliphatic heterocycles. The Morgan fingerprint density at radius 3 is 3.11 bits per heavy atom. The van der Waals surface area contributed by atoms with Crippen molar-refractivity contribution < 1.29 is 4.42 Å². The summed E-state index contributed by atoms with van der Waals surface area (Å²) in [5.74, 6) is 1.07. The first kappa shape index (κ1) is 5.47.